The molecule has 0 radical (unpaired) electrons. The van der Waals surface area contributed by atoms with Crippen molar-refractivity contribution in [2.24, 2.45) is 5.73 Å². The fourth-order valence-electron chi connectivity index (χ4n) is 1.15. The van der Waals surface area contributed by atoms with Gasteiger partial charge in [0.1, 0.15) is 5.75 Å². The van der Waals surface area contributed by atoms with Crippen LogP contribution in [-0.4, -0.2) is 19.1 Å². The molecule has 0 aromatic heterocycles. The first-order chi connectivity index (χ1) is 7.04. The van der Waals surface area contributed by atoms with E-state index < -0.39 is 6.04 Å². The van der Waals surface area contributed by atoms with Crippen molar-refractivity contribution in [3.05, 3.63) is 23.8 Å². The van der Waals surface area contributed by atoms with Crippen LogP contribution in [0.4, 0.5) is 5.69 Å². The highest BCUT2D eigenvalue weighted by Gasteiger charge is 2.09. The van der Waals surface area contributed by atoms with Crippen LogP contribution in [0.2, 0.25) is 0 Å². The maximum atomic E-state index is 11.4. The summed E-state index contributed by atoms with van der Waals surface area (Å²) >= 11 is 0. The smallest absolute Gasteiger partial charge is 0.241 e. The molecule has 0 heterocycles. The molecule has 0 fully saturated rings. The van der Waals surface area contributed by atoms with Crippen molar-refractivity contribution in [1.29, 1.82) is 0 Å². The lowest BCUT2D eigenvalue weighted by atomic mass is 10.2. The maximum Gasteiger partial charge on any atom is 0.241 e. The van der Waals surface area contributed by atoms with Crippen LogP contribution in [0.3, 0.4) is 0 Å². The Hall–Kier alpha value is -1.26. The minimum atomic E-state index is -0.508. The number of ether oxygens (including phenoxy) is 1. The van der Waals surface area contributed by atoms with Gasteiger partial charge in [-0.05, 0) is 37.6 Å². The molecule has 0 aliphatic heterocycles. The summed E-state index contributed by atoms with van der Waals surface area (Å²) in [5.41, 5.74) is 7.16. The highest BCUT2D eigenvalue weighted by atomic mass is 35.5. The largest absolute Gasteiger partial charge is 0.497 e. The van der Waals surface area contributed by atoms with Gasteiger partial charge in [0.05, 0.1) is 13.2 Å². The van der Waals surface area contributed by atoms with Gasteiger partial charge < -0.3 is 15.8 Å². The van der Waals surface area contributed by atoms with E-state index in [1.165, 1.54) is 0 Å². The second-order valence-electron chi connectivity index (χ2n) is 3.46. The minimum Gasteiger partial charge on any atom is -0.497 e. The van der Waals surface area contributed by atoms with Gasteiger partial charge in [-0.15, -0.1) is 12.4 Å². The Labute approximate surface area is 102 Å². The van der Waals surface area contributed by atoms with Gasteiger partial charge in [-0.2, -0.15) is 0 Å². The zero-order chi connectivity index (χ0) is 11.4. The lowest BCUT2D eigenvalue weighted by molar-refractivity contribution is -0.117. The van der Waals surface area contributed by atoms with Crippen molar-refractivity contribution >= 4 is 24.0 Å². The first-order valence-corrected chi connectivity index (χ1v) is 4.75. The number of nitrogens with one attached hydrogen (secondary N) is 1. The first kappa shape index (κ1) is 14.7. The van der Waals surface area contributed by atoms with Crippen LogP contribution in [0.5, 0.6) is 5.75 Å². The summed E-state index contributed by atoms with van der Waals surface area (Å²) in [6.07, 6.45) is 0. The molecule has 16 heavy (non-hydrogen) atoms. The molecule has 1 amide bonds. The van der Waals surface area contributed by atoms with E-state index in [2.05, 4.69) is 5.32 Å². The van der Waals surface area contributed by atoms with E-state index in [0.29, 0.717) is 0 Å². The number of halogens is 1. The molecular weight excluding hydrogens is 228 g/mol. The van der Waals surface area contributed by atoms with Crippen molar-refractivity contribution in [2.45, 2.75) is 19.9 Å². The number of aryl methyl sites for hydroxylation is 1. The normalized spacial score (nSPS) is 11.2. The Morgan fingerprint density at radius 2 is 2.12 bits per heavy atom. The third kappa shape index (κ3) is 3.72. The van der Waals surface area contributed by atoms with Crippen LogP contribution in [0.25, 0.3) is 0 Å². The molecule has 1 atom stereocenters. The molecule has 0 aliphatic rings. The molecule has 1 aromatic rings. The van der Waals surface area contributed by atoms with E-state index in [0.717, 1.165) is 17.0 Å². The third-order valence-electron chi connectivity index (χ3n) is 2.11. The number of carbonyl (C=O) groups is 1. The molecule has 4 nitrogen and oxygen atoms in total. The molecule has 1 rings (SSSR count). The SMILES string of the molecule is COc1ccc(NC(=O)[C@H](C)N)c(C)c1.Cl. The van der Waals surface area contributed by atoms with Crippen LogP contribution in [0.15, 0.2) is 18.2 Å². The van der Waals surface area contributed by atoms with Crippen LogP contribution in [0, 0.1) is 6.92 Å². The monoisotopic (exact) mass is 244 g/mol. The number of hydrogen-bond acceptors (Lipinski definition) is 3. The fourth-order valence-corrected chi connectivity index (χ4v) is 1.15. The van der Waals surface area contributed by atoms with Crippen LogP contribution in [0.1, 0.15) is 12.5 Å². The van der Waals surface area contributed by atoms with Crippen molar-refractivity contribution in [3.63, 3.8) is 0 Å². The highest BCUT2D eigenvalue weighted by Crippen LogP contribution is 2.20. The van der Waals surface area contributed by atoms with E-state index in [9.17, 15) is 4.79 Å². The van der Waals surface area contributed by atoms with Gasteiger partial charge in [0, 0.05) is 5.69 Å². The summed E-state index contributed by atoms with van der Waals surface area (Å²) in [5, 5.41) is 2.74. The summed E-state index contributed by atoms with van der Waals surface area (Å²) in [5.74, 6) is 0.578. The number of anilines is 1. The Morgan fingerprint density at radius 3 is 2.56 bits per heavy atom. The standard InChI is InChI=1S/C11H16N2O2.ClH/c1-7-6-9(15-3)4-5-10(7)13-11(14)8(2)12;/h4-6,8H,12H2,1-3H3,(H,13,14);1H/t8-;/m0./s1. The molecular formula is C11H17ClN2O2. The number of benzene rings is 1. The molecule has 1 aromatic carbocycles. The quantitative estimate of drug-likeness (QED) is 0.851. The molecule has 90 valence electrons. The maximum absolute atomic E-state index is 11.4. The van der Waals surface area contributed by atoms with Crippen LogP contribution >= 0.6 is 12.4 Å². The molecule has 0 aliphatic carbocycles. The minimum absolute atomic E-state index is 0. The Bertz CT molecular complexity index is 367. The molecule has 0 unspecified atom stereocenters. The number of carbonyl (C=O) groups excluding carboxylic acids is 1. The molecule has 3 N–H and O–H groups in total. The first-order valence-electron chi connectivity index (χ1n) is 4.75. The lowest BCUT2D eigenvalue weighted by Gasteiger charge is -2.11. The molecule has 0 saturated carbocycles. The van der Waals surface area contributed by atoms with Crippen molar-refractivity contribution < 1.29 is 9.53 Å². The fraction of sp³-hybridized carbons (Fsp3) is 0.364. The van der Waals surface area contributed by atoms with E-state index in [-0.39, 0.29) is 18.3 Å². The van der Waals surface area contributed by atoms with Crippen LogP contribution < -0.4 is 15.8 Å². The Morgan fingerprint density at radius 1 is 1.50 bits per heavy atom. The van der Waals surface area contributed by atoms with Gasteiger partial charge >= 0.3 is 0 Å². The van der Waals surface area contributed by atoms with Gasteiger partial charge in [-0.25, -0.2) is 0 Å². The van der Waals surface area contributed by atoms with E-state index in [1.54, 1.807) is 26.2 Å². The summed E-state index contributed by atoms with van der Waals surface area (Å²) in [6.45, 7) is 3.55. The van der Waals surface area contributed by atoms with Crippen molar-refractivity contribution in [3.8, 4) is 5.75 Å². The number of hydrogen-bond donors (Lipinski definition) is 2. The van der Waals surface area contributed by atoms with Crippen molar-refractivity contribution in [2.75, 3.05) is 12.4 Å². The summed E-state index contributed by atoms with van der Waals surface area (Å²) in [7, 11) is 1.61. The number of amides is 1. The highest BCUT2D eigenvalue weighted by molar-refractivity contribution is 5.95. The van der Waals surface area contributed by atoms with E-state index in [4.69, 9.17) is 10.5 Å². The predicted molar refractivity (Wildman–Crippen MR) is 67.3 cm³/mol. The van der Waals surface area contributed by atoms with E-state index >= 15 is 0 Å². The van der Waals surface area contributed by atoms with Gasteiger partial charge in [-0.1, -0.05) is 0 Å². The topological polar surface area (TPSA) is 64.3 Å². The Kier molecular flexibility index (Phi) is 5.85. The van der Waals surface area contributed by atoms with E-state index in [1.807, 2.05) is 13.0 Å². The predicted octanol–water partition coefficient (Wildman–Crippen LogP) is 1.71. The van der Waals surface area contributed by atoms with Gasteiger partial charge in [-0.3, -0.25) is 4.79 Å². The number of rotatable bonds is 3. The number of nitrogens with two attached hydrogens (primary N) is 1. The molecule has 0 saturated heterocycles. The van der Waals surface area contributed by atoms with Crippen molar-refractivity contribution in [1.82, 2.24) is 0 Å². The second-order valence-corrected chi connectivity index (χ2v) is 3.46. The Balaban J connectivity index is 0.00000225. The average Bonchev–Trinajstić information content (AvgIpc) is 2.20. The average molecular weight is 245 g/mol. The van der Waals surface area contributed by atoms with Crippen LogP contribution in [-0.2, 0) is 4.79 Å². The third-order valence-corrected chi connectivity index (χ3v) is 2.11. The molecule has 0 bridgehead atoms. The lowest BCUT2D eigenvalue weighted by Crippen LogP contribution is -2.32. The van der Waals surface area contributed by atoms with Gasteiger partial charge in [0.2, 0.25) is 5.91 Å². The zero-order valence-electron chi connectivity index (χ0n) is 9.61. The summed E-state index contributed by atoms with van der Waals surface area (Å²) in [6, 6.07) is 4.95. The van der Waals surface area contributed by atoms with Gasteiger partial charge in [0.25, 0.3) is 0 Å². The molecule has 0 spiro atoms. The second kappa shape index (κ2) is 6.35. The van der Waals surface area contributed by atoms with Gasteiger partial charge in [0.15, 0.2) is 0 Å². The summed E-state index contributed by atoms with van der Waals surface area (Å²) in [4.78, 5) is 11.4. The summed E-state index contributed by atoms with van der Waals surface area (Å²) < 4.78 is 5.07. The number of methoxy groups -OCH3 is 1. The zero-order valence-corrected chi connectivity index (χ0v) is 10.4. The molecule has 5 heteroatoms.